The van der Waals surface area contributed by atoms with Crippen LogP contribution in [0, 0.1) is 0 Å². The second-order valence-corrected chi connectivity index (χ2v) is 4.37. The highest BCUT2D eigenvalue weighted by atomic mass is 32.1. The van der Waals surface area contributed by atoms with E-state index in [4.69, 9.17) is 4.74 Å². The van der Waals surface area contributed by atoms with Crippen molar-refractivity contribution in [2.24, 2.45) is 0 Å². The molecular formula is C8H11N3OS. The minimum Gasteiger partial charge on any atom is -0.358 e. The van der Waals surface area contributed by atoms with Gasteiger partial charge in [-0.05, 0) is 13.5 Å². The summed E-state index contributed by atoms with van der Waals surface area (Å²) in [6.45, 7) is 2.09. The van der Waals surface area contributed by atoms with E-state index >= 15 is 0 Å². The molecule has 0 bridgehead atoms. The SMILES string of the molecule is CN1CCC2OC2(c2cnsn2)C1. The number of aromatic nitrogens is 2. The molecule has 0 radical (unpaired) electrons. The number of fused-ring (bicyclic) bond motifs is 1. The molecule has 0 spiro atoms. The Hall–Kier alpha value is -0.520. The van der Waals surface area contributed by atoms with Crippen LogP contribution in [0.2, 0.25) is 0 Å². The molecule has 2 aliphatic rings. The lowest BCUT2D eigenvalue weighted by atomic mass is 9.95. The van der Waals surface area contributed by atoms with Gasteiger partial charge in [0.15, 0.2) is 5.60 Å². The average Bonchev–Trinajstić information content (AvgIpc) is 2.62. The Labute approximate surface area is 80.8 Å². The van der Waals surface area contributed by atoms with Crippen LogP contribution in [0.5, 0.6) is 0 Å². The van der Waals surface area contributed by atoms with E-state index in [9.17, 15) is 0 Å². The Morgan fingerprint density at radius 2 is 2.69 bits per heavy atom. The first kappa shape index (κ1) is 7.84. The first-order chi connectivity index (χ1) is 6.31. The van der Waals surface area contributed by atoms with E-state index in [1.54, 1.807) is 0 Å². The van der Waals surface area contributed by atoms with Crippen LogP contribution in [0.4, 0.5) is 0 Å². The number of ether oxygens (including phenoxy) is 1. The largest absolute Gasteiger partial charge is 0.358 e. The van der Waals surface area contributed by atoms with Gasteiger partial charge >= 0.3 is 0 Å². The number of nitrogens with zero attached hydrogens (tertiary/aromatic N) is 3. The van der Waals surface area contributed by atoms with E-state index < -0.39 is 0 Å². The Morgan fingerprint density at radius 1 is 1.77 bits per heavy atom. The lowest BCUT2D eigenvalue weighted by Crippen LogP contribution is -2.37. The lowest BCUT2D eigenvalue weighted by molar-refractivity contribution is 0.218. The van der Waals surface area contributed by atoms with E-state index in [0.29, 0.717) is 6.10 Å². The Balaban J connectivity index is 1.91. The third-order valence-corrected chi connectivity index (χ3v) is 3.37. The fourth-order valence-corrected chi connectivity index (χ4v) is 2.61. The number of likely N-dealkylation sites (N-methyl/N-ethyl adjacent to an activating group) is 1. The van der Waals surface area contributed by atoms with Crippen LogP contribution in [0.3, 0.4) is 0 Å². The highest BCUT2D eigenvalue weighted by Gasteiger charge is 2.61. The van der Waals surface area contributed by atoms with Crippen LogP contribution in [0.15, 0.2) is 6.20 Å². The third-order valence-electron chi connectivity index (χ3n) is 2.89. The predicted octanol–water partition coefficient (Wildman–Crippen LogP) is 0.468. The molecule has 2 atom stereocenters. The van der Waals surface area contributed by atoms with E-state index in [1.807, 2.05) is 6.20 Å². The average molecular weight is 197 g/mol. The van der Waals surface area contributed by atoms with Crippen molar-refractivity contribution in [2.45, 2.75) is 18.1 Å². The highest BCUT2D eigenvalue weighted by molar-refractivity contribution is 6.99. The first-order valence-corrected chi connectivity index (χ1v) is 5.19. The second kappa shape index (κ2) is 2.50. The minimum absolute atomic E-state index is 0.0972. The van der Waals surface area contributed by atoms with Gasteiger partial charge in [0.2, 0.25) is 0 Å². The number of hydrogen-bond donors (Lipinski definition) is 0. The van der Waals surface area contributed by atoms with E-state index in [-0.39, 0.29) is 5.60 Å². The zero-order valence-electron chi connectivity index (χ0n) is 7.43. The smallest absolute Gasteiger partial charge is 0.152 e. The summed E-state index contributed by atoms with van der Waals surface area (Å²) in [6, 6.07) is 0. The summed E-state index contributed by atoms with van der Waals surface area (Å²) >= 11 is 1.26. The molecule has 0 saturated carbocycles. The number of epoxide rings is 1. The molecule has 3 rings (SSSR count). The Morgan fingerprint density at radius 3 is 3.46 bits per heavy atom. The fraction of sp³-hybridized carbons (Fsp3) is 0.750. The molecule has 3 heterocycles. The Kier molecular flexibility index (Phi) is 1.51. The van der Waals surface area contributed by atoms with Crippen molar-refractivity contribution < 1.29 is 4.74 Å². The van der Waals surface area contributed by atoms with Gasteiger partial charge in [-0.2, -0.15) is 8.75 Å². The van der Waals surface area contributed by atoms with Gasteiger partial charge in [0.1, 0.15) is 5.69 Å². The summed E-state index contributed by atoms with van der Waals surface area (Å²) < 4.78 is 14.0. The molecule has 0 amide bonds. The summed E-state index contributed by atoms with van der Waals surface area (Å²) in [5, 5.41) is 0. The van der Waals surface area contributed by atoms with Gasteiger partial charge < -0.3 is 9.64 Å². The minimum atomic E-state index is -0.0972. The maximum atomic E-state index is 5.74. The van der Waals surface area contributed by atoms with Crippen LogP contribution in [-0.2, 0) is 10.3 Å². The van der Waals surface area contributed by atoms with E-state index in [2.05, 4.69) is 20.7 Å². The van der Waals surface area contributed by atoms with Gasteiger partial charge in [0.25, 0.3) is 0 Å². The zero-order valence-corrected chi connectivity index (χ0v) is 8.25. The van der Waals surface area contributed by atoms with Crippen molar-refractivity contribution in [1.29, 1.82) is 0 Å². The van der Waals surface area contributed by atoms with Crippen LogP contribution in [0.1, 0.15) is 12.1 Å². The first-order valence-electron chi connectivity index (χ1n) is 4.46. The van der Waals surface area contributed by atoms with Crippen LogP contribution in [0.25, 0.3) is 0 Å². The summed E-state index contributed by atoms with van der Waals surface area (Å²) in [6.07, 6.45) is 3.35. The van der Waals surface area contributed by atoms with Gasteiger partial charge in [-0.1, -0.05) is 0 Å². The summed E-state index contributed by atoms with van der Waals surface area (Å²) in [4.78, 5) is 2.29. The van der Waals surface area contributed by atoms with Crippen molar-refractivity contribution in [1.82, 2.24) is 13.6 Å². The van der Waals surface area contributed by atoms with Gasteiger partial charge in [-0.25, -0.2) is 0 Å². The normalized spacial score (nSPS) is 38.7. The molecule has 2 saturated heterocycles. The Bertz CT molecular complexity index is 315. The van der Waals surface area contributed by atoms with Crippen molar-refractivity contribution in [3.63, 3.8) is 0 Å². The molecule has 0 N–H and O–H groups in total. The van der Waals surface area contributed by atoms with Crippen LogP contribution < -0.4 is 0 Å². The molecule has 0 aromatic carbocycles. The maximum Gasteiger partial charge on any atom is 0.152 e. The molecule has 2 fully saturated rings. The van der Waals surface area contributed by atoms with E-state index in [0.717, 1.165) is 25.2 Å². The molecule has 1 aromatic rings. The van der Waals surface area contributed by atoms with E-state index in [1.165, 1.54) is 11.7 Å². The number of piperidine rings is 1. The molecule has 5 heteroatoms. The van der Waals surface area contributed by atoms with Crippen molar-refractivity contribution in [3.05, 3.63) is 11.9 Å². The standard InChI is InChI=1S/C8H11N3OS/c1-11-3-2-7-8(5-11,12-7)6-4-9-13-10-6/h4,7H,2-3,5H2,1H3. The van der Waals surface area contributed by atoms with Crippen molar-refractivity contribution >= 4 is 11.7 Å². The molecule has 2 unspecified atom stereocenters. The molecule has 13 heavy (non-hydrogen) atoms. The van der Waals surface area contributed by atoms with Crippen LogP contribution >= 0.6 is 11.7 Å². The molecule has 4 nitrogen and oxygen atoms in total. The van der Waals surface area contributed by atoms with Gasteiger partial charge in [0.05, 0.1) is 24.0 Å². The van der Waals surface area contributed by atoms with Gasteiger partial charge in [-0.3, -0.25) is 0 Å². The lowest BCUT2D eigenvalue weighted by Gasteiger charge is -2.24. The molecule has 0 aliphatic carbocycles. The predicted molar refractivity (Wildman–Crippen MR) is 48.6 cm³/mol. The van der Waals surface area contributed by atoms with Gasteiger partial charge in [0, 0.05) is 13.1 Å². The highest BCUT2D eigenvalue weighted by Crippen LogP contribution is 2.50. The monoisotopic (exact) mass is 197 g/mol. The molecule has 70 valence electrons. The second-order valence-electron chi connectivity index (χ2n) is 3.82. The maximum absolute atomic E-state index is 5.74. The molecular weight excluding hydrogens is 186 g/mol. The van der Waals surface area contributed by atoms with Crippen LogP contribution in [-0.4, -0.2) is 39.9 Å². The number of rotatable bonds is 1. The van der Waals surface area contributed by atoms with Crippen molar-refractivity contribution in [2.75, 3.05) is 20.1 Å². The third kappa shape index (κ3) is 1.04. The molecule has 2 aliphatic heterocycles. The number of likely N-dealkylation sites (tertiary alicyclic amines) is 1. The summed E-state index contributed by atoms with van der Waals surface area (Å²) in [5.74, 6) is 0. The topological polar surface area (TPSA) is 41.5 Å². The quantitative estimate of drug-likeness (QED) is 0.614. The summed E-state index contributed by atoms with van der Waals surface area (Å²) in [7, 11) is 2.12. The zero-order chi connectivity index (χ0) is 8.89. The van der Waals surface area contributed by atoms with Crippen molar-refractivity contribution in [3.8, 4) is 0 Å². The summed E-state index contributed by atoms with van der Waals surface area (Å²) in [5.41, 5.74) is 0.925. The molecule has 1 aromatic heterocycles. The number of hydrogen-bond acceptors (Lipinski definition) is 5. The van der Waals surface area contributed by atoms with Gasteiger partial charge in [-0.15, -0.1) is 0 Å². The fourth-order valence-electron chi connectivity index (χ4n) is 2.13.